The maximum Gasteiger partial charge on any atom is 0.272 e. The van der Waals surface area contributed by atoms with Crippen LogP contribution in [0, 0.1) is 10.1 Å². The Morgan fingerprint density at radius 1 is 1.35 bits per heavy atom. The number of nitro benzene ring substituents is 1. The van der Waals surface area contributed by atoms with Gasteiger partial charge in [-0.3, -0.25) is 14.3 Å². The Morgan fingerprint density at radius 2 is 1.88 bits per heavy atom. The standard InChI is InChI=1S/C11H15NO4S/c1-8(11(2,3)17(15)16)9-6-4-5-7-10(9)12(13)14/h4-8H,1-3H3,(H,15,16)/p-1. The highest BCUT2D eigenvalue weighted by atomic mass is 32.2. The molecule has 6 heteroatoms. The van der Waals surface area contributed by atoms with Crippen LogP contribution in [-0.2, 0) is 11.1 Å². The van der Waals surface area contributed by atoms with Crippen molar-refractivity contribution in [2.75, 3.05) is 0 Å². The van der Waals surface area contributed by atoms with E-state index in [2.05, 4.69) is 0 Å². The summed E-state index contributed by atoms with van der Waals surface area (Å²) in [7, 11) is 0. The van der Waals surface area contributed by atoms with E-state index in [0.29, 0.717) is 5.56 Å². The van der Waals surface area contributed by atoms with E-state index in [9.17, 15) is 18.9 Å². The third-order valence-electron chi connectivity index (χ3n) is 3.07. The molecule has 0 fully saturated rings. The Labute approximate surface area is 102 Å². The van der Waals surface area contributed by atoms with Gasteiger partial charge in [-0.25, -0.2) is 0 Å². The molecule has 0 aliphatic rings. The highest BCUT2D eigenvalue weighted by molar-refractivity contribution is 7.80. The zero-order valence-corrected chi connectivity index (χ0v) is 10.7. The van der Waals surface area contributed by atoms with Crippen molar-refractivity contribution in [3.05, 3.63) is 39.9 Å². The lowest BCUT2D eigenvalue weighted by molar-refractivity contribution is -0.385. The Balaban J connectivity index is 3.26. The summed E-state index contributed by atoms with van der Waals surface area (Å²) in [4.78, 5) is 10.4. The summed E-state index contributed by atoms with van der Waals surface area (Å²) < 4.78 is 21.2. The zero-order chi connectivity index (χ0) is 13.2. The van der Waals surface area contributed by atoms with Gasteiger partial charge in [-0.15, -0.1) is 0 Å². The number of hydrogen-bond acceptors (Lipinski definition) is 4. The molecule has 0 aromatic heterocycles. The number of rotatable bonds is 4. The van der Waals surface area contributed by atoms with Crippen LogP contribution in [0.25, 0.3) is 0 Å². The normalized spacial score (nSPS) is 15.3. The van der Waals surface area contributed by atoms with Gasteiger partial charge >= 0.3 is 0 Å². The van der Waals surface area contributed by atoms with Crippen LogP contribution in [0.3, 0.4) is 0 Å². The Kier molecular flexibility index (Phi) is 4.00. The van der Waals surface area contributed by atoms with Crippen LogP contribution in [0.2, 0.25) is 0 Å². The Bertz CT molecular complexity index is 459. The van der Waals surface area contributed by atoms with Crippen molar-refractivity contribution in [2.24, 2.45) is 0 Å². The summed E-state index contributed by atoms with van der Waals surface area (Å²) in [6.07, 6.45) is 0. The molecule has 0 saturated heterocycles. The molecule has 0 aliphatic carbocycles. The molecule has 0 heterocycles. The molecule has 0 saturated carbocycles. The first kappa shape index (κ1) is 13.8. The lowest BCUT2D eigenvalue weighted by atomic mass is 9.88. The maximum atomic E-state index is 11.1. The molecular formula is C11H14NO4S-. The number of nitro groups is 1. The third-order valence-corrected chi connectivity index (χ3v) is 4.28. The molecule has 5 nitrogen and oxygen atoms in total. The number of hydrogen-bond donors (Lipinski definition) is 0. The van der Waals surface area contributed by atoms with Crippen molar-refractivity contribution >= 4 is 16.8 Å². The minimum Gasteiger partial charge on any atom is -0.772 e. The van der Waals surface area contributed by atoms with Crippen molar-refractivity contribution in [1.82, 2.24) is 0 Å². The molecule has 0 radical (unpaired) electrons. The van der Waals surface area contributed by atoms with E-state index >= 15 is 0 Å². The van der Waals surface area contributed by atoms with Crippen LogP contribution in [0.15, 0.2) is 24.3 Å². The molecule has 17 heavy (non-hydrogen) atoms. The number of nitrogens with zero attached hydrogens (tertiary/aromatic N) is 1. The molecule has 1 rings (SSSR count). The highest BCUT2D eigenvalue weighted by Crippen LogP contribution is 2.36. The lowest BCUT2D eigenvalue weighted by Gasteiger charge is -2.33. The van der Waals surface area contributed by atoms with E-state index < -0.39 is 26.7 Å². The smallest absolute Gasteiger partial charge is 0.272 e. The molecule has 0 N–H and O–H groups in total. The van der Waals surface area contributed by atoms with Crippen molar-refractivity contribution < 1.29 is 13.7 Å². The minimum absolute atomic E-state index is 0.0430. The van der Waals surface area contributed by atoms with Crippen molar-refractivity contribution in [1.29, 1.82) is 0 Å². The predicted octanol–water partition coefficient (Wildman–Crippen LogP) is 2.36. The summed E-state index contributed by atoms with van der Waals surface area (Å²) in [5, 5.41) is 10.9. The molecule has 0 amide bonds. The van der Waals surface area contributed by atoms with E-state index in [1.54, 1.807) is 39.0 Å². The van der Waals surface area contributed by atoms with Crippen LogP contribution in [0.5, 0.6) is 0 Å². The third kappa shape index (κ3) is 2.70. The summed E-state index contributed by atoms with van der Waals surface area (Å²) in [6.45, 7) is 4.78. The van der Waals surface area contributed by atoms with E-state index in [4.69, 9.17) is 0 Å². The van der Waals surface area contributed by atoms with Crippen LogP contribution < -0.4 is 0 Å². The van der Waals surface area contributed by atoms with Crippen LogP contribution in [-0.4, -0.2) is 18.4 Å². The van der Waals surface area contributed by atoms with Crippen molar-refractivity contribution in [3.63, 3.8) is 0 Å². The monoisotopic (exact) mass is 256 g/mol. The second-order valence-corrected chi connectivity index (χ2v) is 5.90. The molecule has 2 atom stereocenters. The molecule has 1 aromatic carbocycles. The average Bonchev–Trinajstić information content (AvgIpc) is 2.27. The Morgan fingerprint density at radius 3 is 2.35 bits per heavy atom. The first-order chi connectivity index (χ1) is 7.78. The second kappa shape index (κ2) is 4.93. The first-order valence-corrected chi connectivity index (χ1v) is 6.18. The predicted molar refractivity (Wildman–Crippen MR) is 64.5 cm³/mol. The Hall–Kier alpha value is -1.27. The second-order valence-electron chi connectivity index (χ2n) is 4.38. The summed E-state index contributed by atoms with van der Waals surface area (Å²) in [5.41, 5.74) is 0.394. The van der Waals surface area contributed by atoms with Gasteiger partial charge in [-0.05, 0) is 24.9 Å². The fourth-order valence-corrected chi connectivity index (χ4v) is 1.95. The lowest BCUT2D eigenvalue weighted by Crippen LogP contribution is -2.33. The summed E-state index contributed by atoms with van der Waals surface area (Å²) in [6, 6.07) is 6.21. The van der Waals surface area contributed by atoms with E-state index in [1.807, 2.05) is 0 Å². The van der Waals surface area contributed by atoms with Crippen molar-refractivity contribution in [2.45, 2.75) is 31.4 Å². The topological polar surface area (TPSA) is 83.3 Å². The van der Waals surface area contributed by atoms with Gasteiger partial charge in [0.15, 0.2) is 0 Å². The molecule has 1 aromatic rings. The number of para-hydroxylation sites is 1. The van der Waals surface area contributed by atoms with Gasteiger partial charge in [0, 0.05) is 22.3 Å². The maximum absolute atomic E-state index is 11.1. The van der Waals surface area contributed by atoms with Crippen LogP contribution >= 0.6 is 0 Å². The number of benzene rings is 1. The van der Waals surface area contributed by atoms with Gasteiger partial charge in [0.05, 0.1) is 4.92 Å². The molecule has 94 valence electrons. The van der Waals surface area contributed by atoms with Gasteiger partial charge in [0.2, 0.25) is 0 Å². The molecular weight excluding hydrogens is 242 g/mol. The fourth-order valence-electron chi connectivity index (χ4n) is 1.54. The largest absolute Gasteiger partial charge is 0.772 e. The fraction of sp³-hybridized carbons (Fsp3) is 0.455. The summed E-state index contributed by atoms with van der Waals surface area (Å²) in [5.74, 6) is -0.456. The van der Waals surface area contributed by atoms with Crippen LogP contribution in [0.4, 0.5) is 5.69 Å². The minimum atomic E-state index is -2.30. The SMILES string of the molecule is CC(c1ccccc1[N+](=O)[O-])C(C)(C)S(=O)[O-]. The quantitative estimate of drug-likeness (QED) is 0.470. The molecule has 0 bridgehead atoms. The zero-order valence-electron chi connectivity index (χ0n) is 9.88. The first-order valence-electron chi connectivity index (χ1n) is 5.11. The van der Waals surface area contributed by atoms with Crippen molar-refractivity contribution in [3.8, 4) is 0 Å². The molecule has 0 spiro atoms. The molecule has 2 unspecified atom stereocenters. The molecule has 0 aliphatic heterocycles. The highest BCUT2D eigenvalue weighted by Gasteiger charge is 2.32. The van der Waals surface area contributed by atoms with Gasteiger partial charge in [-0.1, -0.05) is 25.1 Å². The van der Waals surface area contributed by atoms with E-state index in [0.717, 1.165) is 0 Å². The van der Waals surface area contributed by atoms with E-state index in [-0.39, 0.29) is 5.69 Å². The van der Waals surface area contributed by atoms with Gasteiger partial charge in [0.1, 0.15) is 0 Å². The average molecular weight is 256 g/mol. The van der Waals surface area contributed by atoms with Gasteiger partial charge in [0.25, 0.3) is 5.69 Å². The van der Waals surface area contributed by atoms with Crippen LogP contribution in [0.1, 0.15) is 32.3 Å². The summed E-state index contributed by atoms with van der Waals surface area (Å²) >= 11 is -2.30. The van der Waals surface area contributed by atoms with E-state index in [1.165, 1.54) is 6.07 Å². The van der Waals surface area contributed by atoms with Gasteiger partial charge < -0.3 is 4.55 Å². The van der Waals surface area contributed by atoms with Gasteiger partial charge in [-0.2, -0.15) is 0 Å².